The molecule has 2 aliphatic heterocycles. The van der Waals surface area contributed by atoms with E-state index in [1.807, 2.05) is 0 Å². The second kappa shape index (κ2) is 6.51. The van der Waals surface area contributed by atoms with Gasteiger partial charge in [-0.05, 0) is 44.5 Å². The first-order chi connectivity index (χ1) is 12.7. The highest BCUT2D eigenvalue weighted by Gasteiger charge is 2.50. The average molecular weight is 451 g/mol. The smallest absolute Gasteiger partial charge is 0.247 e. The third-order valence-corrected chi connectivity index (χ3v) is 10.7. The summed E-state index contributed by atoms with van der Waals surface area (Å²) in [5.74, 6) is -1.17. The second-order valence-electron chi connectivity index (χ2n) is 7.78. The highest BCUT2D eigenvalue weighted by Crippen LogP contribution is 2.36. The molecule has 3 rings (SSSR count). The predicted octanol–water partition coefficient (Wildman–Crippen LogP) is 0.197. The van der Waals surface area contributed by atoms with Crippen molar-refractivity contribution in [3.63, 3.8) is 0 Å². The van der Waals surface area contributed by atoms with E-state index in [0.717, 1.165) is 4.31 Å². The van der Waals surface area contributed by atoms with Crippen LogP contribution in [0.1, 0.15) is 20.3 Å². The van der Waals surface area contributed by atoms with Gasteiger partial charge >= 0.3 is 0 Å². The zero-order chi connectivity index (χ0) is 21.1. The van der Waals surface area contributed by atoms with Gasteiger partial charge < -0.3 is 0 Å². The van der Waals surface area contributed by atoms with Crippen LogP contribution in [0, 0.1) is 5.41 Å². The van der Waals surface area contributed by atoms with Crippen LogP contribution in [-0.2, 0) is 34.7 Å². The predicted molar refractivity (Wildman–Crippen MR) is 104 cm³/mol. The number of nitrogens with zero attached hydrogens (tertiary/aromatic N) is 2. The lowest BCUT2D eigenvalue weighted by atomic mass is 9.95. The second-order valence-corrected chi connectivity index (χ2v) is 13.8. The number of hydrogen-bond acceptors (Lipinski definition) is 7. The maximum atomic E-state index is 12.8. The summed E-state index contributed by atoms with van der Waals surface area (Å²) < 4.78 is 75.2. The summed E-state index contributed by atoms with van der Waals surface area (Å²) in [4.78, 5) is 12.3. The van der Waals surface area contributed by atoms with Crippen molar-refractivity contribution in [2.45, 2.75) is 31.2 Å². The fraction of sp³-hybridized carbons (Fsp3) is 0.562. The van der Waals surface area contributed by atoms with E-state index in [9.17, 15) is 30.0 Å². The zero-order valence-electron chi connectivity index (χ0n) is 15.7. The Hall–Kier alpha value is -1.50. The number of amides is 1. The van der Waals surface area contributed by atoms with Gasteiger partial charge in [-0.3, -0.25) is 4.79 Å². The van der Waals surface area contributed by atoms with E-state index in [1.54, 1.807) is 0 Å². The summed E-state index contributed by atoms with van der Waals surface area (Å²) in [5.41, 5.74) is -0.988. The van der Waals surface area contributed by atoms with Gasteiger partial charge in [0, 0.05) is 13.1 Å². The molecule has 12 heteroatoms. The topological polar surface area (TPSA) is 126 Å². The molecule has 0 aliphatic carbocycles. The van der Waals surface area contributed by atoms with Gasteiger partial charge in [0.15, 0.2) is 9.84 Å². The summed E-state index contributed by atoms with van der Waals surface area (Å²) in [7, 11) is -9.72. The van der Waals surface area contributed by atoms with Crippen molar-refractivity contribution in [1.82, 2.24) is 4.31 Å². The van der Waals surface area contributed by atoms with Gasteiger partial charge in [0.05, 0.1) is 33.3 Å². The summed E-state index contributed by atoms with van der Waals surface area (Å²) in [6.45, 7) is 3.08. The van der Waals surface area contributed by atoms with Crippen LogP contribution in [0.3, 0.4) is 0 Å². The molecule has 0 saturated carbocycles. The lowest BCUT2D eigenvalue weighted by molar-refractivity contribution is -0.123. The monoisotopic (exact) mass is 450 g/mol. The Kier molecular flexibility index (Phi) is 4.93. The molecule has 28 heavy (non-hydrogen) atoms. The SMILES string of the molecule is CN([C@@H]1CCS(=O)(=O)C1)S(=O)(=O)c1ccc(N2C(=O)C(C)(C)CS2(=O)=O)cc1. The molecule has 1 aromatic carbocycles. The number of carbonyl (C=O) groups is 1. The number of benzene rings is 1. The minimum absolute atomic E-state index is 0.0544. The number of rotatable bonds is 4. The molecule has 1 amide bonds. The van der Waals surface area contributed by atoms with Crippen molar-refractivity contribution in [2.75, 3.05) is 28.6 Å². The molecule has 2 fully saturated rings. The molecule has 0 aromatic heterocycles. The number of carbonyl (C=O) groups excluding carboxylic acids is 1. The Morgan fingerprint density at radius 3 is 2.11 bits per heavy atom. The molecular weight excluding hydrogens is 428 g/mol. The van der Waals surface area contributed by atoms with Crippen molar-refractivity contribution in [3.8, 4) is 0 Å². The molecular formula is C16H22N2O7S3. The fourth-order valence-corrected chi connectivity index (χ4v) is 8.80. The molecule has 9 nitrogen and oxygen atoms in total. The van der Waals surface area contributed by atoms with E-state index < -0.39 is 47.2 Å². The van der Waals surface area contributed by atoms with E-state index in [-0.39, 0.29) is 34.3 Å². The van der Waals surface area contributed by atoms with Crippen LogP contribution in [0.5, 0.6) is 0 Å². The summed E-state index contributed by atoms with van der Waals surface area (Å²) in [6, 6.07) is 4.33. The highest BCUT2D eigenvalue weighted by molar-refractivity contribution is 7.94. The Labute approximate surface area is 165 Å². The van der Waals surface area contributed by atoms with Crippen molar-refractivity contribution in [1.29, 1.82) is 0 Å². The Morgan fingerprint density at radius 1 is 1.11 bits per heavy atom. The molecule has 2 saturated heterocycles. The molecule has 0 unspecified atom stereocenters. The van der Waals surface area contributed by atoms with Gasteiger partial charge in [-0.15, -0.1) is 0 Å². The number of sulfone groups is 1. The fourth-order valence-electron chi connectivity index (χ4n) is 3.44. The number of hydrogen-bond donors (Lipinski definition) is 0. The molecule has 0 radical (unpaired) electrons. The van der Waals surface area contributed by atoms with E-state index >= 15 is 0 Å². The van der Waals surface area contributed by atoms with Gasteiger partial charge in [-0.1, -0.05) is 0 Å². The van der Waals surface area contributed by atoms with Crippen molar-refractivity contribution < 1.29 is 30.0 Å². The van der Waals surface area contributed by atoms with Crippen LogP contribution < -0.4 is 4.31 Å². The largest absolute Gasteiger partial charge is 0.273 e. The molecule has 1 atom stereocenters. The van der Waals surface area contributed by atoms with Gasteiger partial charge in [-0.2, -0.15) is 4.31 Å². The molecule has 156 valence electrons. The Bertz CT molecular complexity index is 1120. The molecule has 0 bridgehead atoms. The van der Waals surface area contributed by atoms with Crippen LogP contribution >= 0.6 is 0 Å². The first-order valence-corrected chi connectivity index (χ1v) is 13.4. The molecule has 0 N–H and O–H groups in total. The summed E-state index contributed by atoms with van der Waals surface area (Å²) in [5, 5.41) is 0. The van der Waals surface area contributed by atoms with E-state index in [4.69, 9.17) is 0 Å². The maximum absolute atomic E-state index is 12.8. The Balaban J connectivity index is 1.89. The third-order valence-electron chi connectivity index (χ3n) is 5.06. The zero-order valence-corrected chi connectivity index (χ0v) is 18.1. The van der Waals surface area contributed by atoms with E-state index in [2.05, 4.69) is 0 Å². The first kappa shape index (κ1) is 21.2. The van der Waals surface area contributed by atoms with Crippen LogP contribution in [-0.4, -0.2) is 65.8 Å². The summed E-state index contributed by atoms with van der Waals surface area (Å²) in [6.07, 6.45) is 0.228. The van der Waals surface area contributed by atoms with Crippen molar-refractivity contribution in [3.05, 3.63) is 24.3 Å². The Morgan fingerprint density at radius 2 is 1.68 bits per heavy atom. The highest BCUT2D eigenvalue weighted by atomic mass is 32.2. The minimum atomic E-state index is -3.96. The van der Waals surface area contributed by atoms with Gasteiger partial charge in [0.1, 0.15) is 0 Å². The third kappa shape index (κ3) is 3.58. The van der Waals surface area contributed by atoms with Gasteiger partial charge in [-0.25, -0.2) is 29.6 Å². The van der Waals surface area contributed by atoms with Gasteiger partial charge in [0.25, 0.3) is 0 Å². The maximum Gasteiger partial charge on any atom is 0.247 e. The first-order valence-electron chi connectivity index (χ1n) is 8.53. The molecule has 1 aromatic rings. The molecule has 2 aliphatic rings. The van der Waals surface area contributed by atoms with Crippen LogP contribution in [0.25, 0.3) is 0 Å². The van der Waals surface area contributed by atoms with E-state index in [0.29, 0.717) is 4.31 Å². The molecule has 0 spiro atoms. The van der Waals surface area contributed by atoms with Crippen LogP contribution in [0.15, 0.2) is 29.2 Å². The van der Waals surface area contributed by atoms with Crippen molar-refractivity contribution >= 4 is 41.5 Å². The quantitative estimate of drug-likeness (QED) is 0.641. The minimum Gasteiger partial charge on any atom is -0.273 e. The lowest BCUT2D eigenvalue weighted by Gasteiger charge is -2.23. The summed E-state index contributed by atoms with van der Waals surface area (Å²) >= 11 is 0. The normalized spacial score (nSPS) is 26.1. The number of anilines is 1. The van der Waals surface area contributed by atoms with Crippen LogP contribution in [0.4, 0.5) is 5.69 Å². The average Bonchev–Trinajstić information content (AvgIpc) is 3.00. The number of sulfonamides is 2. The van der Waals surface area contributed by atoms with Crippen molar-refractivity contribution in [2.24, 2.45) is 5.41 Å². The van der Waals surface area contributed by atoms with Gasteiger partial charge in [0.2, 0.25) is 26.0 Å². The van der Waals surface area contributed by atoms with E-state index in [1.165, 1.54) is 45.2 Å². The lowest BCUT2D eigenvalue weighted by Crippen LogP contribution is -2.37. The standard InChI is InChI=1S/C16H22N2O7S3/c1-16(2)11-27(22,23)18(15(16)19)12-4-6-14(7-5-12)28(24,25)17(3)13-8-9-26(20,21)10-13/h4-7,13H,8-11H2,1-3H3/t13-/m1/s1. The van der Waals surface area contributed by atoms with Crippen LogP contribution in [0.2, 0.25) is 0 Å². The molecule has 2 heterocycles.